The van der Waals surface area contributed by atoms with Gasteiger partial charge in [-0.15, -0.1) is 22.9 Å². The lowest BCUT2D eigenvalue weighted by Crippen LogP contribution is -1.95. The monoisotopic (exact) mass is 378 g/mol. The Balaban J connectivity index is 1.83. The average Bonchev–Trinajstić information content (AvgIpc) is 3.11. The minimum absolute atomic E-state index is 0.174. The largest absolute Gasteiger partial charge is 0.493 e. The molecule has 1 aliphatic rings. The number of hydrogen-bond acceptors (Lipinski definition) is 2. The van der Waals surface area contributed by atoms with Crippen LogP contribution in [-0.2, 0) is 6.42 Å². The second-order valence-corrected chi connectivity index (χ2v) is 7.60. The van der Waals surface area contributed by atoms with E-state index in [1.807, 2.05) is 0 Å². The van der Waals surface area contributed by atoms with Gasteiger partial charge in [0.15, 0.2) is 0 Å². The van der Waals surface area contributed by atoms with Crippen molar-refractivity contribution in [1.29, 1.82) is 0 Å². The lowest BCUT2D eigenvalue weighted by Gasteiger charge is -2.13. The first-order valence-electron chi connectivity index (χ1n) is 6.80. The zero-order valence-electron chi connectivity index (χ0n) is 11.1. The molecule has 0 radical (unpaired) electrons. The van der Waals surface area contributed by atoms with Crippen LogP contribution in [0.15, 0.2) is 46.9 Å². The number of ether oxygens (including phenoxy) is 1. The van der Waals surface area contributed by atoms with Gasteiger partial charge in [0.05, 0.1) is 12.0 Å². The van der Waals surface area contributed by atoms with Crippen LogP contribution in [0, 0.1) is 0 Å². The van der Waals surface area contributed by atoms with Gasteiger partial charge >= 0.3 is 0 Å². The van der Waals surface area contributed by atoms with Gasteiger partial charge in [0.1, 0.15) is 5.75 Å². The Hall–Kier alpha value is -1.03. The van der Waals surface area contributed by atoms with E-state index in [1.54, 1.807) is 11.3 Å². The van der Waals surface area contributed by atoms with Gasteiger partial charge in [-0.05, 0) is 35.2 Å². The van der Waals surface area contributed by atoms with Crippen molar-refractivity contribution in [2.75, 3.05) is 6.61 Å². The van der Waals surface area contributed by atoms with Crippen LogP contribution >= 0.6 is 38.9 Å². The third-order valence-electron chi connectivity index (χ3n) is 3.74. The van der Waals surface area contributed by atoms with E-state index in [0.29, 0.717) is 0 Å². The molecule has 4 heteroatoms. The highest BCUT2D eigenvalue weighted by atomic mass is 79.9. The van der Waals surface area contributed by atoms with Gasteiger partial charge in [0.25, 0.3) is 0 Å². The second kappa shape index (κ2) is 5.31. The van der Waals surface area contributed by atoms with E-state index in [0.717, 1.165) is 33.7 Å². The molecular weight excluding hydrogens is 368 g/mol. The third kappa shape index (κ3) is 2.37. The first-order chi connectivity index (χ1) is 10.2. The SMILES string of the molecule is ClC(c1cc2ccccc2s1)c1cc(Br)cc2c1OCC2. The predicted molar refractivity (Wildman–Crippen MR) is 92.9 cm³/mol. The quantitative estimate of drug-likeness (QED) is 0.502. The van der Waals surface area contributed by atoms with Crippen molar-refractivity contribution in [2.24, 2.45) is 0 Å². The van der Waals surface area contributed by atoms with Crippen molar-refractivity contribution in [3.8, 4) is 5.75 Å². The Morgan fingerprint density at radius 3 is 2.90 bits per heavy atom. The Kier molecular flexibility index (Phi) is 3.44. The van der Waals surface area contributed by atoms with E-state index in [1.165, 1.54) is 15.6 Å². The van der Waals surface area contributed by atoms with Gasteiger partial charge in [-0.3, -0.25) is 0 Å². The Labute approximate surface area is 140 Å². The predicted octanol–water partition coefficient (Wildman–Crippen LogP) is 5.93. The summed E-state index contributed by atoms with van der Waals surface area (Å²) in [5, 5.41) is 1.07. The van der Waals surface area contributed by atoms with E-state index >= 15 is 0 Å². The van der Waals surface area contributed by atoms with E-state index in [2.05, 4.69) is 58.4 Å². The number of benzene rings is 2. The molecule has 0 bridgehead atoms. The second-order valence-electron chi connectivity index (χ2n) is 5.13. The number of halogens is 2. The molecule has 1 aromatic heterocycles. The molecule has 1 nitrogen and oxygen atoms in total. The van der Waals surface area contributed by atoms with E-state index in [-0.39, 0.29) is 5.38 Å². The summed E-state index contributed by atoms with van der Waals surface area (Å²) in [6.45, 7) is 0.745. The highest BCUT2D eigenvalue weighted by Gasteiger charge is 2.24. The van der Waals surface area contributed by atoms with E-state index in [4.69, 9.17) is 16.3 Å². The molecule has 21 heavy (non-hydrogen) atoms. The molecule has 0 spiro atoms. The number of rotatable bonds is 2. The molecule has 0 fully saturated rings. The summed E-state index contributed by atoms with van der Waals surface area (Å²) in [6.07, 6.45) is 0.956. The zero-order valence-corrected chi connectivity index (χ0v) is 14.3. The maximum atomic E-state index is 6.77. The first kappa shape index (κ1) is 13.6. The molecule has 0 amide bonds. The molecule has 0 saturated carbocycles. The molecule has 0 aliphatic carbocycles. The molecular formula is C17H12BrClOS. The van der Waals surface area contributed by atoms with Gasteiger partial charge in [-0.2, -0.15) is 0 Å². The Morgan fingerprint density at radius 2 is 2.05 bits per heavy atom. The van der Waals surface area contributed by atoms with Crippen LogP contribution in [0.4, 0.5) is 0 Å². The van der Waals surface area contributed by atoms with E-state index in [9.17, 15) is 0 Å². The summed E-state index contributed by atoms with van der Waals surface area (Å²) in [4.78, 5) is 1.16. The van der Waals surface area contributed by atoms with Crippen LogP contribution in [-0.4, -0.2) is 6.61 Å². The van der Waals surface area contributed by atoms with Crippen LogP contribution in [0.5, 0.6) is 5.75 Å². The van der Waals surface area contributed by atoms with Crippen molar-refractivity contribution >= 4 is 49.0 Å². The fraction of sp³-hybridized carbons (Fsp3) is 0.176. The summed E-state index contributed by atoms with van der Waals surface area (Å²) in [6, 6.07) is 14.8. The molecule has 0 saturated heterocycles. The average molecular weight is 380 g/mol. The molecule has 0 N–H and O–H groups in total. The number of thiophene rings is 1. The van der Waals surface area contributed by atoms with Gasteiger partial charge in [-0.1, -0.05) is 34.1 Å². The summed E-state index contributed by atoms with van der Waals surface area (Å²) < 4.78 is 8.13. The topological polar surface area (TPSA) is 9.23 Å². The molecule has 2 aromatic carbocycles. The molecule has 4 rings (SSSR count). The van der Waals surface area contributed by atoms with Gasteiger partial charge in [0.2, 0.25) is 0 Å². The molecule has 106 valence electrons. The minimum atomic E-state index is -0.174. The standard InChI is InChI=1S/C17H12BrClOS/c18-12-7-11-5-6-20-17(11)13(9-12)16(19)15-8-10-3-1-2-4-14(10)21-15/h1-4,7-9,16H,5-6H2. The zero-order chi connectivity index (χ0) is 14.4. The Morgan fingerprint density at radius 1 is 1.19 bits per heavy atom. The smallest absolute Gasteiger partial charge is 0.127 e. The maximum absolute atomic E-state index is 6.77. The number of alkyl halides is 1. The first-order valence-corrected chi connectivity index (χ1v) is 8.84. The normalized spacial score (nSPS) is 15.0. The lowest BCUT2D eigenvalue weighted by atomic mass is 10.0. The van der Waals surface area contributed by atoms with Crippen LogP contribution in [0.25, 0.3) is 10.1 Å². The molecule has 1 unspecified atom stereocenters. The van der Waals surface area contributed by atoms with Crippen molar-refractivity contribution < 1.29 is 4.74 Å². The van der Waals surface area contributed by atoms with Gasteiger partial charge < -0.3 is 4.74 Å². The molecule has 1 aliphatic heterocycles. The van der Waals surface area contributed by atoms with Crippen LogP contribution in [0.2, 0.25) is 0 Å². The van der Waals surface area contributed by atoms with Crippen molar-refractivity contribution in [1.82, 2.24) is 0 Å². The number of fused-ring (bicyclic) bond motifs is 2. The fourth-order valence-corrected chi connectivity index (χ4v) is 4.71. The maximum Gasteiger partial charge on any atom is 0.127 e. The van der Waals surface area contributed by atoms with Crippen molar-refractivity contribution in [2.45, 2.75) is 11.8 Å². The summed E-state index contributed by atoms with van der Waals surface area (Å²) >= 11 is 12.1. The Bertz CT molecular complexity index is 794. The van der Waals surface area contributed by atoms with Gasteiger partial charge in [0, 0.05) is 26.0 Å². The minimum Gasteiger partial charge on any atom is -0.493 e. The molecule has 2 heterocycles. The van der Waals surface area contributed by atoms with Crippen LogP contribution in [0.3, 0.4) is 0 Å². The lowest BCUT2D eigenvalue weighted by molar-refractivity contribution is 0.353. The van der Waals surface area contributed by atoms with E-state index < -0.39 is 0 Å². The highest BCUT2D eigenvalue weighted by molar-refractivity contribution is 9.10. The third-order valence-corrected chi connectivity index (χ3v) is 5.98. The van der Waals surface area contributed by atoms with Crippen molar-refractivity contribution in [3.05, 3.63) is 62.9 Å². The summed E-state index contributed by atoms with van der Waals surface area (Å²) in [5.74, 6) is 0.968. The molecule has 1 atom stereocenters. The summed E-state index contributed by atoms with van der Waals surface area (Å²) in [7, 11) is 0. The molecule has 3 aromatic rings. The fourth-order valence-electron chi connectivity index (χ4n) is 2.77. The van der Waals surface area contributed by atoms with Gasteiger partial charge in [-0.25, -0.2) is 0 Å². The number of hydrogen-bond donors (Lipinski definition) is 0. The summed E-state index contributed by atoms with van der Waals surface area (Å²) in [5.41, 5.74) is 2.30. The van der Waals surface area contributed by atoms with Crippen LogP contribution in [0.1, 0.15) is 21.4 Å². The highest BCUT2D eigenvalue weighted by Crippen LogP contribution is 2.44. The van der Waals surface area contributed by atoms with Crippen LogP contribution < -0.4 is 4.74 Å². The van der Waals surface area contributed by atoms with Crippen molar-refractivity contribution in [3.63, 3.8) is 0 Å².